The molecule has 1 aromatic heterocycles. The fourth-order valence-electron chi connectivity index (χ4n) is 3.01. The van der Waals surface area contributed by atoms with Gasteiger partial charge in [-0.3, -0.25) is 10.1 Å². The number of nitro groups is 1. The lowest BCUT2D eigenvalue weighted by Crippen LogP contribution is -2.04. The molecule has 0 aliphatic rings. The quantitative estimate of drug-likeness (QED) is 0.232. The van der Waals surface area contributed by atoms with Crippen LogP contribution in [0.3, 0.4) is 0 Å². The minimum absolute atomic E-state index is 0.0552. The molecule has 0 aliphatic carbocycles. The minimum Gasteiger partial charge on any atom is -0.396 e. The average molecular weight is 418 g/mol. The van der Waals surface area contributed by atoms with Gasteiger partial charge in [-0.15, -0.1) is 0 Å². The predicted molar refractivity (Wildman–Crippen MR) is 108 cm³/mol. The van der Waals surface area contributed by atoms with E-state index in [9.17, 15) is 10.1 Å². The third kappa shape index (κ3) is 4.11. The third-order valence-electron chi connectivity index (χ3n) is 4.32. The van der Waals surface area contributed by atoms with Gasteiger partial charge >= 0.3 is 0 Å². The molecule has 0 saturated heterocycles. The second-order valence-corrected chi connectivity index (χ2v) is 7.09. The number of benzene rings is 2. The van der Waals surface area contributed by atoms with E-state index in [4.69, 9.17) is 5.11 Å². The highest BCUT2D eigenvalue weighted by Gasteiger charge is 2.13. The molecule has 3 rings (SSSR count). The Morgan fingerprint density at radius 2 is 1.73 bits per heavy atom. The van der Waals surface area contributed by atoms with Gasteiger partial charge in [-0.2, -0.15) is 0 Å². The van der Waals surface area contributed by atoms with Crippen LogP contribution in [0.1, 0.15) is 25.7 Å². The predicted octanol–water partition coefficient (Wildman–Crippen LogP) is 5.02. The first-order chi connectivity index (χ1) is 12.6. The van der Waals surface area contributed by atoms with Crippen molar-refractivity contribution in [2.24, 2.45) is 0 Å². The van der Waals surface area contributed by atoms with Gasteiger partial charge in [0.15, 0.2) is 0 Å². The second-order valence-electron chi connectivity index (χ2n) is 6.17. The average Bonchev–Trinajstić information content (AvgIpc) is 2.63. The lowest BCUT2D eigenvalue weighted by atomic mass is 10.1. The Morgan fingerprint density at radius 3 is 2.46 bits per heavy atom. The fourth-order valence-corrected chi connectivity index (χ4v) is 3.37. The molecule has 0 unspecified atom stereocenters. The zero-order valence-corrected chi connectivity index (χ0v) is 15.8. The van der Waals surface area contributed by atoms with Gasteiger partial charge in [-0.25, -0.2) is 4.98 Å². The monoisotopic (exact) mass is 417 g/mol. The number of fused-ring (bicyclic) bond motifs is 2. The van der Waals surface area contributed by atoms with Gasteiger partial charge in [0.05, 0.1) is 21.6 Å². The van der Waals surface area contributed by atoms with Gasteiger partial charge in [0.25, 0.3) is 5.69 Å². The highest BCUT2D eigenvalue weighted by molar-refractivity contribution is 9.10. The summed E-state index contributed by atoms with van der Waals surface area (Å²) in [5.41, 5.74) is 2.50. The number of nitrogens with one attached hydrogen (secondary N) is 1. The number of aliphatic hydroxyl groups is 1. The summed E-state index contributed by atoms with van der Waals surface area (Å²) in [4.78, 5) is 15.4. The van der Waals surface area contributed by atoms with E-state index >= 15 is 0 Å². The smallest absolute Gasteiger partial charge is 0.270 e. The van der Waals surface area contributed by atoms with E-state index in [1.165, 1.54) is 6.07 Å². The van der Waals surface area contributed by atoms with E-state index in [1.54, 1.807) is 12.1 Å². The molecule has 0 aliphatic heterocycles. The van der Waals surface area contributed by atoms with E-state index in [0.29, 0.717) is 0 Å². The highest BCUT2D eigenvalue weighted by Crippen LogP contribution is 2.34. The molecular formula is C19H20BrN3O3. The van der Waals surface area contributed by atoms with Crippen LogP contribution in [-0.4, -0.2) is 28.2 Å². The summed E-state index contributed by atoms with van der Waals surface area (Å²) in [6, 6.07) is 10.6. The Morgan fingerprint density at radius 1 is 1.04 bits per heavy atom. The van der Waals surface area contributed by atoms with Gasteiger partial charge in [-0.05, 0) is 37.1 Å². The Balaban J connectivity index is 2.00. The molecule has 0 bridgehead atoms. The number of aliphatic hydroxyl groups excluding tert-OH is 1. The van der Waals surface area contributed by atoms with Crippen molar-refractivity contribution in [1.29, 1.82) is 0 Å². The normalized spacial score (nSPS) is 11.2. The van der Waals surface area contributed by atoms with Crippen LogP contribution < -0.4 is 5.32 Å². The summed E-state index contributed by atoms with van der Waals surface area (Å²) in [5.74, 6) is 0. The van der Waals surface area contributed by atoms with E-state index in [2.05, 4.69) is 26.2 Å². The SMILES string of the molecule is O=[N+]([O-])c1ccc2nc3ccc(Br)cc3c(NCCCCCCO)c2c1. The van der Waals surface area contributed by atoms with Crippen molar-refractivity contribution in [3.63, 3.8) is 0 Å². The Hall–Kier alpha value is -2.25. The summed E-state index contributed by atoms with van der Waals surface area (Å²) < 4.78 is 0.933. The number of rotatable bonds is 8. The van der Waals surface area contributed by atoms with Crippen LogP contribution in [0, 0.1) is 10.1 Å². The van der Waals surface area contributed by atoms with Crippen LogP contribution in [0.15, 0.2) is 40.9 Å². The molecule has 0 radical (unpaired) electrons. The molecule has 26 heavy (non-hydrogen) atoms. The standard InChI is InChI=1S/C19H20BrN3O3/c20-13-5-7-17-15(11-13)19(21-9-3-1-2-4-10-24)16-12-14(23(25)26)6-8-18(16)22-17/h5-8,11-12,24H,1-4,9-10H2,(H,21,22). The molecule has 136 valence electrons. The number of hydrogen-bond acceptors (Lipinski definition) is 5. The van der Waals surface area contributed by atoms with E-state index in [-0.39, 0.29) is 17.2 Å². The number of non-ortho nitro benzene ring substituents is 1. The highest BCUT2D eigenvalue weighted by atomic mass is 79.9. The van der Waals surface area contributed by atoms with E-state index < -0.39 is 0 Å². The first-order valence-corrected chi connectivity index (χ1v) is 9.41. The number of pyridine rings is 1. The largest absolute Gasteiger partial charge is 0.396 e. The summed E-state index contributed by atoms with van der Waals surface area (Å²) in [6.45, 7) is 0.986. The van der Waals surface area contributed by atoms with E-state index in [0.717, 1.165) is 64.2 Å². The number of nitro benzene ring substituents is 1. The number of aromatic nitrogens is 1. The summed E-state index contributed by atoms with van der Waals surface area (Å²) >= 11 is 3.49. The van der Waals surface area contributed by atoms with Crippen molar-refractivity contribution in [3.05, 3.63) is 51.0 Å². The summed E-state index contributed by atoms with van der Waals surface area (Å²) in [5, 5.41) is 25.2. The van der Waals surface area contributed by atoms with Crippen LogP contribution in [0.2, 0.25) is 0 Å². The molecule has 2 N–H and O–H groups in total. The Bertz CT molecular complexity index is 946. The zero-order valence-electron chi connectivity index (χ0n) is 14.2. The minimum atomic E-state index is -0.386. The number of anilines is 1. The van der Waals surface area contributed by atoms with Gasteiger partial charge in [0.1, 0.15) is 0 Å². The molecule has 7 heteroatoms. The van der Waals surface area contributed by atoms with Gasteiger partial charge in [-0.1, -0.05) is 28.8 Å². The lowest BCUT2D eigenvalue weighted by molar-refractivity contribution is -0.384. The molecule has 0 spiro atoms. The lowest BCUT2D eigenvalue weighted by Gasteiger charge is -2.13. The number of nitrogens with zero attached hydrogens (tertiary/aromatic N) is 2. The molecule has 0 saturated carbocycles. The maximum Gasteiger partial charge on any atom is 0.270 e. The van der Waals surface area contributed by atoms with Crippen LogP contribution >= 0.6 is 15.9 Å². The molecule has 1 heterocycles. The molecule has 0 amide bonds. The first-order valence-electron chi connectivity index (χ1n) is 8.62. The van der Waals surface area contributed by atoms with Crippen LogP contribution in [0.25, 0.3) is 21.8 Å². The Labute approximate surface area is 159 Å². The fraction of sp³-hybridized carbons (Fsp3) is 0.316. The first kappa shape index (κ1) is 18.5. The van der Waals surface area contributed by atoms with Crippen molar-refractivity contribution in [2.75, 3.05) is 18.5 Å². The van der Waals surface area contributed by atoms with Crippen molar-refractivity contribution < 1.29 is 10.0 Å². The number of halogens is 1. The van der Waals surface area contributed by atoms with Crippen LogP contribution in [0.4, 0.5) is 11.4 Å². The van der Waals surface area contributed by atoms with E-state index in [1.807, 2.05) is 18.2 Å². The van der Waals surface area contributed by atoms with Crippen LogP contribution in [0.5, 0.6) is 0 Å². The van der Waals surface area contributed by atoms with Crippen molar-refractivity contribution in [2.45, 2.75) is 25.7 Å². The van der Waals surface area contributed by atoms with Gasteiger partial charge in [0.2, 0.25) is 0 Å². The van der Waals surface area contributed by atoms with Crippen LogP contribution in [-0.2, 0) is 0 Å². The van der Waals surface area contributed by atoms with Gasteiger partial charge in [0, 0.05) is 40.5 Å². The van der Waals surface area contributed by atoms with Crippen molar-refractivity contribution in [3.8, 4) is 0 Å². The summed E-state index contributed by atoms with van der Waals surface area (Å²) in [6.07, 6.45) is 3.81. The zero-order chi connectivity index (χ0) is 18.5. The number of unbranched alkanes of at least 4 members (excludes halogenated alkanes) is 3. The summed E-state index contributed by atoms with van der Waals surface area (Å²) in [7, 11) is 0. The molecule has 0 fully saturated rings. The van der Waals surface area contributed by atoms with Gasteiger partial charge < -0.3 is 10.4 Å². The van der Waals surface area contributed by atoms with Crippen molar-refractivity contribution >= 4 is 49.1 Å². The number of hydrogen-bond donors (Lipinski definition) is 2. The molecule has 0 atom stereocenters. The topological polar surface area (TPSA) is 88.3 Å². The second kappa shape index (κ2) is 8.42. The molecule has 2 aromatic carbocycles. The third-order valence-corrected chi connectivity index (χ3v) is 4.81. The van der Waals surface area contributed by atoms with Crippen molar-refractivity contribution in [1.82, 2.24) is 4.98 Å². The maximum absolute atomic E-state index is 11.2. The Kier molecular flexibility index (Phi) is 6.00. The molecule has 6 nitrogen and oxygen atoms in total. The molecule has 3 aromatic rings. The maximum atomic E-state index is 11.2. The molecular weight excluding hydrogens is 398 g/mol.